The van der Waals surface area contributed by atoms with Crippen molar-refractivity contribution in [2.75, 3.05) is 6.61 Å². The van der Waals surface area contributed by atoms with Crippen LogP contribution < -0.4 is 10.2 Å². The summed E-state index contributed by atoms with van der Waals surface area (Å²) >= 11 is 0. The van der Waals surface area contributed by atoms with E-state index in [4.69, 9.17) is 9.26 Å². The van der Waals surface area contributed by atoms with E-state index in [1.54, 1.807) is 13.0 Å². The minimum absolute atomic E-state index is 0.133. The molecule has 0 bridgehead atoms. The Morgan fingerprint density at radius 2 is 2.04 bits per heavy atom. The van der Waals surface area contributed by atoms with Crippen LogP contribution in [0.1, 0.15) is 12.5 Å². The van der Waals surface area contributed by atoms with E-state index in [2.05, 4.69) is 15.7 Å². The zero-order chi connectivity index (χ0) is 19.9. The summed E-state index contributed by atoms with van der Waals surface area (Å²) in [7, 11) is 0. The van der Waals surface area contributed by atoms with E-state index in [9.17, 15) is 14.9 Å². The summed E-state index contributed by atoms with van der Waals surface area (Å²) in [6.45, 7) is 1.44. The van der Waals surface area contributed by atoms with E-state index in [1.807, 2.05) is 30.3 Å². The SMILES string of the molecule is C/C(=N\NC(=O)COc1ccc([N+](=O)[O-])cc1-c1ccno1)c1ccccc1. The standard InChI is InChI=1S/C19H16N4O5/c1-13(14-5-3-2-4-6-14)21-22-19(24)12-27-17-8-7-15(23(25)26)11-16(17)18-9-10-20-28-18/h2-11H,12H2,1H3,(H,22,24)/b21-13+. The van der Waals surface area contributed by atoms with E-state index in [0.717, 1.165) is 5.56 Å². The molecule has 3 rings (SSSR count). The maximum atomic E-state index is 12.0. The van der Waals surface area contributed by atoms with Crippen molar-refractivity contribution >= 4 is 17.3 Å². The zero-order valence-electron chi connectivity index (χ0n) is 14.9. The van der Waals surface area contributed by atoms with Gasteiger partial charge in [0.25, 0.3) is 11.6 Å². The fourth-order valence-corrected chi connectivity index (χ4v) is 2.37. The van der Waals surface area contributed by atoms with Gasteiger partial charge >= 0.3 is 0 Å². The summed E-state index contributed by atoms with van der Waals surface area (Å²) < 4.78 is 10.6. The highest BCUT2D eigenvalue weighted by molar-refractivity contribution is 5.99. The quantitative estimate of drug-likeness (QED) is 0.382. The number of carbonyl (C=O) groups excluding carboxylic acids is 1. The van der Waals surface area contributed by atoms with Crippen LogP contribution in [0.4, 0.5) is 5.69 Å². The van der Waals surface area contributed by atoms with Crippen molar-refractivity contribution in [2.45, 2.75) is 6.92 Å². The first-order chi connectivity index (χ1) is 13.5. The molecular formula is C19H16N4O5. The molecule has 0 aliphatic rings. The number of aromatic nitrogens is 1. The molecule has 0 unspecified atom stereocenters. The summed E-state index contributed by atoms with van der Waals surface area (Å²) in [6.07, 6.45) is 1.41. The normalized spacial score (nSPS) is 11.1. The molecule has 0 radical (unpaired) electrons. The summed E-state index contributed by atoms with van der Waals surface area (Å²) in [4.78, 5) is 22.5. The van der Waals surface area contributed by atoms with E-state index < -0.39 is 10.8 Å². The van der Waals surface area contributed by atoms with Gasteiger partial charge in [-0.2, -0.15) is 5.10 Å². The van der Waals surface area contributed by atoms with Crippen LogP contribution >= 0.6 is 0 Å². The van der Waals surface area contributed by atoms with Crippen molar-refractivity contribution in [1.29, 1.82) is 0 Å². The van der Waals surface area contributed by atoms with E-state index >= 15 is 0 Å². The van der Waals surface area contributed by atoms with Crippen LogP contribution in [0.25, 0.3) is 11.3 Å². The van der Waals surface area contributed by atoms with Gasteiger partial charge in [-0.25, -0.2) is 5.43 Å². The summed E-state index contributed by atoms with van der Waals surface area (Å²) in [5, 5.41) is 18.6. The average Bonchev–Trinajstić information content (AvgIpc) is 3.25. The second-order valence-corrected chi connectivity index (χ2v) is 5.70. The Morgan fingerprint density at radius 1 is 1.25 bits per heavy atom. The van der Waals surface area contributed by atoms with Gasteiger partial charge in [0.1, 0.15) is 5.75 Å². The fraction of sp³-hybridized carbons (Fsp3) is 0.105. The molecule has 1 heterocycles. The van der Waals surface area contributed by atoms with Crippen molar-refractivity contribution in [3.8, 4) is 17.1 Å². The third-order valence-electron chi connectivity index (χ3n) is 3.78. The first kappa shape index (κ1) is 18.8. The molecule has 9 heteroatoms. The molecule has 1 amide bonds. The van der Waals surface area contributed by atoms with Crippen LogP contribution in [0.3, 0.4) is 0 Å². The Morgan fingerprint density at radius 3 is 2.71 bits per heavy atom. The molecule has 1 aromatic heterocycles. The fourth-order valence-electron chi connectivity index (χ4n) is 2.37. The molecule has 28 heavy (non-hydrogen) atoms. The molecule has 0 fully saturated rings. The molecule has 0 spiro atoms. The topological polar surface area (TPSA) is 120 Å². The van der Waals surface area contributed by atoms with Gasteiger partial charge in [-0.05, 0) is 18.6 Å². The third-order valence-corrected chi connectivity index (χ3v) is 3.78. The van der Waals surface area contributed by atoms with Gasteiger partial charge in [0.2, 0.25) is 0 Å². The number of nitrogens with zero attached hydrogens (tertiary/aromatic N) is 3. The number of carbonyl (C=O) groups is 1. The van der Waals surface area contributed by atoms with Crippen LogP contribution in [0, 0.1) is 10.1 Å². The van der Waals surface area contributed by atoms with Crippen molar-refractivity contribution in [3.05, 3.63) is 76.5 Å². The van der Waals surface area contributed by atoms with Gasteiger partial charge in [-0.1, -0.05) is 35.5 Å². The Hall–Kier alpha value is -4.01. The van der Waals surface area contributed by atoms with Crippen LogP contribution in [0.15, 0.2) is 70.4 Å². The molecule has 1 N–H and O–H groups in total. The molecule has 0 atom stereocenters. The van der Waals surface area contributed by atoms with Gasteiger partial charge in [0.15, 0.2) is 12.4 Å². The molecule has 0 saturated heterocycles. The third kappa shape index (κ3) is 4.58. The molecule has 0 saturated carbocycles. The van der Waals surface area contributed by atoms with Gasteiger partial charge < -0.3 is 9.26 Å². The monoisotopic (exact) mass is 380 g/mol. The van der Waals surface area contributed by atoms with Crippen molar-refractivity contribution in [3.63, 3.8) is 0 Å². The lowest BCUT2D eigenvalue weighted by molar-refractivity contribution is -0.384. The van der Waals surface area contributed by atoms with E-state index in [0.29, 0.717) is 11.3 Å². The molecule has 2 aromatic carbocycles. The van der Waals surface area contributed by atoms with E-state index in [1.165, 1.54) is 24.4 Å². The number of hydrogen-bond donors (Lipinski definition) is 1. The molecule has 0 aliphatic carbocycles. The van der Waals surface area contributed by atoms with Gasteiger partial charge in [0.05, 0.1) is 22.4 Å². The summed E-state index contributed by atoms with van der Waals surface area (Å²) in [5.74, 6) is 0.0652. The Bertz CT molecular complexity index is 1000. The van der Waals surface area contributed by atoms with E-state index in [-0.39, 0.29) is 23.8 Å². The minimum Gasteiger partial charge on any atom is -0.483 e. The number of hydrogen-bond acceptors (Lipinski definition) is 7. The number of hydrazone groups is 1. The lowest BCUT2D eigenvalue weighted by atomic mass is 10.1. The highest BCUT2D eigenvalue weighted by Crippen LogP contribution is 2.33. The second kappa shape index (κ2) is 8.58. The number of nitro benzene ring substituents is 1. The van der Waals surface area contributed by atoms with Crippen molar-refractivity contribution in [2.24, 2.45) is 5.10 Å². The predicted molar refractivity (Wildman–Crippen MR) is 101 cm³/mol. The maximum Gasteiger partial charge on any atom is 0.277 e. The molecule has 9 nitrogen and oxygen atoms in total. The van der Waals surface area contributed by atoms with Crippen LogP contribution in [0.2, 0.25) is 0 Å². The summed E-state index contributed by atoms with van der Waals surface area (Å²) in [6, 6.07) is 14.9. The maximum absolute atomic E-state index is 12.0. The Balaban J connectivity index is 1.68. The van der Waals surface area contributed by atoms with Crippen LogP contribution in [0.5, 0.6) is 5.75 Å². The molecular weight excluding hydrogens is 364 g/mol. The predicted octanol–water partition coefficient (Wildman–Crippen LogP) is 3.17. The second-order valence-electron chi connectivity index (χ2n) is 5.70. The lowest BCUT2D eigenvalue weighted by Gasteiger charge is -2.09. The number of rotatable bonds is 7. The summed E-state index contributed by atoms with van der Waals surface area (Å²) in [5.41, 5.74) is 4.13. The smallest absolute Gasteiger partial charge is 0.277 e. The van der Waals surface area contributed by atoms with Crippen molar-refractivity contribution in [1.82, 2.24) is 10.6 Å². The van der Waals surface area contributed by atoms with Gasteiger partial charge in [-0.3, -0.25) is 14.9 Å². The Labute approximate surface area is 159 Å². The first-order valence-electron chi connectivity index (χ1n) is 8.25. The number of benzene rings is 2. The van der Waals surface area contributed by atoms with Crippen molar-refractivity contribution < 1.29 is 19.0 Å². The highest BCUT2D eigenvalue weighted by Gasteiger charge is 2.17. The lowest BCUT2D eigenvalue weighted by Crippen LogP contribution is -2.25. The first-order valence-corrected chi connectivity index (χ1v) is 8.25. The molecule has 142 valence electrons. The average molecular weight is 380 g/mol. The van der Waals surface area contributed by atoms with Crippen LogP contribution in [-0.4, -0.2) is 28.3 Å². The van der Waals surface area contributed by atoms with Crippen LogP contribution in [-0.2, 0) is 4.79 Å². The number of ether oxygens (including phenoxy) is 1. The Kier molecular flexibility index (Phi) is 5.75. The molecule has 0 aliphatic heterocycles. The zero-order valence-corrected chi connectivity index (χ0v) is 14.9. The number of nitrogens with one attached hydrogen (secondary N) is 1. The minimum atomic E-state index is -0.530. The number of amides is 1. The highest BCUT2D eigenvalue weighted by atomic mass is 16.6. The largest absolute Gasteiger partial charge is 0.483 e. The number of non-ortho nitro benzene ring substituents is 1. The molecule has 3 aromatic rings. The number of nitro groups is 1. The van der Waals surface area contributed by atoms with Gasteiger partial charge in [0, 0.05) is 18.2 Å². The van der Waals surface area contributed by atoms with Gasteiger partial charge in [-0.15, -0.1) is 0 Å².